The molecule has 5 rings (SSSR count). The van der Waals surface area contributed by atoms with Crippen LogP contribution in [0.1, 0.15) is 36.1 Å². The minimum absolute atomic E-state index is 0.301. The summed E-state index contributed by atoms with van der Waals surface area (Å²) in [5, 5.41) is 6.93. The molecular formula is C22H20N2OS. The van der Waals surface area contributed by atoms with E-state index in [9.17, 15) is 4.79 Å². The molecule has 0 atom stereocenters. The van der Waals surface area contributed by atoms with Gasteiger partial charge in [0.05, 0.1) is 5.52 Å². The molecule has 3 aromatic rings. The first kappa shape index (κ1) is 15.8. The largest absolute Gasteiger partial charge is 0.358 e. The molecule has 1 N–H and O–H groups in total. The number of hydrogen-bond acceptors (Lipinski definition) is 4. The minimum Gasteiger partial charge on any atom is -0.358 e. The lowest BCUT2D eigenvalue weighted by atomic mass is 9.84. The Labute approximate surface area is 156 Å². The smallest absolute Gasteiger partial charge is 0.160 e. The average molecular weight is 360 g/mol. The molecule has 3 heterocycles. The number of nitrogens with zero attached hydrogens (tertiary/aromatic N) is 1. The van der Waals surface area contributed by atoms with Gasteiger partial charge in [0.25, 0.3) is 0 Å². The third kappa shape index (κ3) is 2.40. The predicted molar refractivity (Wildman–Crippen MR) is 108 cm³/mol. The Morgan fingerprint density at radius 2 is 2.04 bits per heavy atom. The third-order valence-corrected chi connectivity index (χ3v) is 6.46. The van der Waals surface area contributed by atoms with Crippen LogP contribution in [-0.2, 0) is 11.2 Å². The van der Waals surface area contributed by atoms with Crippen molar-refractivity contribution in [3.8, 4) is 10.4 Å². The van der Waals surface area contributed by atoms with Gasteiger partial charge in [-0.15, -0.1) is 11.3 Å². The number of carbonyl (C=O) groups is 1. The molecule has 0 saturated heterocycles. The number of anilines is 1. The van der Waals surface area contributed by atoms with Gasteiger partial charge in [0.2, 0.25) is 0 Å². The van der Waals surface area contributed by atoms with Gasteiger partial charge in [-0.2, -0.15) is 0 Å². The van der Waals surface area contributed by atoms with Crippen LogP contribution in [0.5, 0.6) is 0 Å². The molecule has 2 aliphatic rings. The number of pyridine rings is 1. The fourth-order valence-electron chi connectivity index (χ4n) is 4.18. The van der Waals surface area contributed by atoms with Gasteiger partial charge in [-0.25, -0.2) is 0 Å². The van der Waals surface area contributed by atoms with E-state index in [2.05, 4.69) is 41.9 Å². The second-order valence-corrected chi connectivity index (χ2v) is 8.23. The summed E-state index contributed by atoms with van der Waals surface area (Å²) < 4.78 is 0. The molecule has 4 heteroatoms. The Balaban J connectivity index is 1.78. The van der Waals surface area contributed by atoms with Crippen molar-refractivity contribution < 1.29 is 4.79 Å². The zero-order chi connectivity index (χ0) is 17.8. The standard InChI is InChI=1S/C22H20N2OS/c1-12-8-21(26-11-12)16-9-13(2)23-19-7-6-18-15(22(16)19)10-14-17(24-18)4-3-5-20(14)25/h6-9,11,24H,3-5,10H2,1-2H3. The van der Waals surface area contributed by atoms with Crippen molar-refractivity contribution in [2.24, 2.45) is 0 Å². The first-order valence-electron chi connectivity index (χ1n) is 9.11. The highest BCUT2D eigenvalue weighted by molar-refractivity contribution is 7.13. The monoisotopic (exact) mass is 360 g/mol. The predicted octanol–water partition coefficient (Wildman–Crippen LogP) is 5.56. The van der Waals surface area contributed by atoms with Crippen molar-refractivity contribution >= 4 is 33.7 Å². The van der Waals surface area contributed by atoms with Gasteiger partial charge in [0, 0.05) is 51.3 Å². The summed E-state index contributed by atoms with van der Waals surface area (Å²) in [6.07, 6.45) is 3.32. The fourth-order valence-corrected chi connectivity index (χ4v) is 5.10. The Kier molecular flexibility index (Phi) is 3.50. The molecule has 1 aliphatic heterocycles. The molecule has 0 amide bonds. The Morgan fingerprint density at radius 1 is 1.15 bits per heavy atom. The first-order valence-corrected chi connectivity index (χ1v) is 9.99. The van der Waals surface area contributed by atoms with Crippen LogP contribution >= 0.6 is 11.3 Å². The van der Waals surface area contributed by atoms with Gasteiger partial charge in [0.15, 0.2) is 5.78 Å². The van der Waals surface area contributed by atoms with Gasteiger partial charge in [0.1, 0.15) is 0 Å². The molecule has 0 bridgehead atoms. The number of allylic oxidation sites excluding steroid dienone is 2. The van der Waals surface area contributed by atoms with Crippen molar-refractivity contribution in [1.29, 1.82) is 0 Å². The topological polar surface area (TPSA) is 42.0 Å². The Morgan fingerprint density at radius 3 is 2.85 bits per heavy atom. The average Bonchev–Trinajstić information content (AvgIpc) is 3.06. The maximum atomic E-state index is 12.5. The molecule has 0 radical (unpaired) electrons. The van der Waals surface area contributed by atoms with E-state index in [0.717, 1.165) is 47.4 Å². The maximum Gasteiger partial charge on any atom is 0.160 e. The number of fused-ring (bicyclic) bond motifs is 3. The number of carbonyl (C=O) groups excluding carboxylic acids is 1. The van der Waals surface area contributed by atoms with Crippen LogP contribution in [0.4, 0.5) is 5.69 Å². The number of aromatic nitrogens is 1. The molecule has 0 saturated carbocycles. The molecule has 0 unspecified atom stereocenters. The number of nitrogens with one attached hydrogen (secondary N) is 1. The molecule has 26 heavy (non-hydrogen) atoms. The van der Waals surface area contributed by atoms with Crippen LogP contribution < -0.4 is 5.32 Å². The Hall–Kier alpha value is -2.46. The molecule has 130 valence electrons. The number of thiophene rings is 1. The van der Waals surface area contributed by atoms with E-state index in [4.69, 9.17) is 4.98 Å². The van der Waals surface area contributed by atoms with Crippen LogP contribution in [0.2, 0.25) is 0 Å². The summed E-state index contributed by atoms with van der Waals surface area (Å²) in [6.45, 7) is 4.18. The van der Waals surface area contributed by atoms with Crippen LogP contribution in [0, 0.1) is 13.8 Å². The quantitative estimate of drug-likeness (QED) is 0.618. The summed E-state index contributed by atoms with van der Waals surface area (Å²) in [4.78, 5) is 18.5. The van der Waals surface area contributed by atoms with E-state index in [0.29, 0.717) is 12.2 Å². The number of rotatable bonds is 1. The zero-order valence-corrected chi connectivity index (χ0v) is 15.8. The van der Waals surface area contributed by atoms with Crippen LogP contribution in [0.3, 0.4) is 0 Å². The lowest BCUT2D eigenvalue weighted by Gasteiger charge is -2.28. The van der Waals surface area contributed by atoms with Crippen LogP contribution in [-0.4, -0.2) is 10.8 Å². The van der Waals surface area contributed by atoms with Crippen molar-refractivity contribution in [3.63, 3.8) is 0 Å². The van der Waals surface area contributed by atoms with Gasteiger partial charge in [-0.05, 0) is 67.5 Å². The number of benzene rings is 1. The minimum atomic E-state index is 0.301. The number of ketones is 1. The zero-order valence-electron chi connectivity index (χ0n) is 15.0. The van der Waals surface area contributed by atoms with E-state index in [1.807, 2.05) is 6.92 Å². The summed E-state index contributed by atoms with van der Waals surface area (Å²) in [5.74, 6) is 0.301. The molecule has 0 fully saturated rings. The number of hydrogen-bond donors (Lipinski definition) is 1. The van der Waals surface area contributed by atoms with Crippen molar-refractivity contribution in [1.82, 2.24) is 4.98 Å². The highest BCUT2D eigenvalue weighted by Crippen LogP contribution is 2.42. The van der Waals surface area contributed by atoms with E-state index in [1.54, 1.807) is 11.3 Å². The molecule has 3 nitrogen and oxygen atoms in total. The van der Waals surface area contributed by atoms with Gasteiger partial charge in [-0.1, -0.05) is 0 Å². The second kappa shape index (κ2) is 5.78. The van der Waals surface area contributed by atoms with Crippen LogP contribution in [0.15, 0.2) is 40.9 Å². The van der Waals surface area contributed by atoms with Crippen molar-refractivity contribution in [3.05, 3.63) is 57.7 Å². The first-order chi connectivity index (χ1) is 12.6. The van der Waals surface area contributed by atoms with Crippen LogP contribution in [0.25, 0.3) is 21.3 Å². The Bertz CT molecular complexity index is 1110. The maximum absolute atomic E-state index is 12.5. The fraction of sp³-hybridized carbons (Fsp3) is 0.273. The molecule has 2 aromatic heterocycles. The summed E-state index contributed by atoms with van der Waals surface area (Å²) in [6, 6.07) is 8.65. The second-order valence-electron chi connectivity index (χ2n) is 7.32. The van der Waals surface area contributed by atoms with E-state index in [1.165, 1.54) is 27.0 Å². The summed E-state index contributed by atoms with van der Waals surface area (Å²) >= 11 is 1.77. The summed E-state index contributed by atoms with van der Waals surface area (Å²) in [7, 11) is 0. The highest BCUT2D eigenvalue weighted by Gasteiger charge is 2.28. The molecule has 1 aliphatic carbocycles. The van der Waals surface area contributed by atoms with Gasteiger partial charge in [-0.3, -0.25) is 9.78 Å². The van der Waals surface area contributed by atoms with Gasteiger partial charge < -0.3 is 5.32 Å². The lowest BCUT2D eigenvalue weighted by molar-refractivity contribution is -0.116. The molecular weight excluding hydrogens is 340 g/mol. The van der Waals surface area contributed by atoms with Crippen molar-refractivity contribution in [2.75, 3.05) is 5.32 Å². The number of aryl methyl sites for hydroxylation is 2. The highest BCUT2D eigenvalue weighted by atomic mass is 32.1. The third-order valence-electron chi connectivity index (χ3n) is 5.38. The molecule has 0 spiro atoms. The summed E-state index contributed by atoms with van der Waals surface area (Å²) in [5.41, 5.74) is 9.00. The van der Waals surface area contributed by atoms with Crippen molar-refractivity contribution in [2.45, 2.75) is 39.5 Å². The SMILES string of the molecule is Cc1csc(-c2cc(C)nc3ccc4c(c23)CC2=C(CCCC2=O)N4)c1. The normalized spacial score (nSPS) is 16.5. The number of Topliss-reactive ketones (excluding diaryl/α,β-unsaturated/α-hetero) is 1. The molecule has 1 aromatic carbocycles. The van der Waals surface area contributed by atoms with E-state index < -0.39 is 0 Å². The lowest BCUT2D eigenvalue weighted by Crippen LogP contribution is -2.22. The van der Waals surface area contributed by atoms with E-state index >= 15 is 0 Å². The van der Waals surface area contributed by atoms with E-state index in [-0.39, 0.29) is 0 Å². The van der Waals surface area contributed by atoms with Gasteiger partial charge >= 0.3 is 0 Å².